The summed E-state index contributed by atoms with van der Waals surface area (Å²) in [5.41, 5.74) is 1.78. The first-order valence-electron chi connectivity index (χ1n) is 6.99. The molecule has 0 aliphatic rings. The van der Waals surface area contributed by atoms with Crippen molar-refractivity contribution < 1.29 is 13.5 Å². The summed E-state index contributed by atoms with van der Waals surface area (Å²) in [6.07, 6.45) is 1.10. The molecular weight excluding hydrogens is 288 g/mol. The number of aliphatic hydroxyl groups is 1. The van der Waals surface area contributed by atoms with Crippen LogP contribution in [-0.2, 0) is 17.1 Å². The maximum absolute atomic E-state index is 11.8. The SMILES string of the molecule is CC(C)CS(=O)(=O)NCC(O)c1ccc2c(ccn2C)c1. The van der Waals surface area contributed by atoms with Crippen LogP contribution in [0.2, 0.25) is 0 Å². The maximum Gasteiger partial charge on any atom is 0.211 e. The summed E-state index contributed by atoms with van der Waals surface area (Å²) < 4.78 is 28.0. The van der Waals surface area contributed by atoms with Gasteiger partial charge in [-0.15, -0.1) is 0 Å². The molecule has 2 rings (SSSR count). The van der Waals surface area contributed by atoms with Gasteiger partial charge in [0.1, 0.15) is 0 Å². The highest BCUT2D eigenvalue weighted by Crippen LogP contribution is 2.20. The number of rotatable bonds is 6. The summed E-state index contributed by atoms with van der Waals surface area (Å²) in [7, 11) is -1.38. The average molecular weight is 310 g/mol. The summed E-state index contributed by atoms with van der Waals surface area (Å²) in [6.45, 7) is 3.69. The molecule has 0 saturated heterocycles. The number of nitrogens with one attached hydrogen (secondary N) is 1. The van der Waals surface area contributed by atoms with Gasteiger partial charge < -0.3 is 9.67 Å². The molecule has 1 aromatic heterocycles. The number of aryl methyl sites for hydroxylation is 1. The van der Waals surface area contributed by atoms with E-state index in [2.05, 4.69) is 4.72 Å². The first-order valence-corrected chi connectivity index (χ1v) is 8.64. The molecule has 1 aromatic carbocycles. The molecule has 0 amide bonds. The molecule has 0 radical (unpaired) electrons. The molecule has 0 saturated carbocycles. The molecule has 21 heavy (non-hydrogen) atoms. The van der Waals surface area contributed by atoms with Crippen molar-refractivity contribution in [1.29, 1.82) is 0 Å². The van der Waals surface area contributed by atoms with Gasteiger partial charge in [0.2, 0.25) is 10.0 Å². The van der Waals surface area contributed by atoms with Gasteiger partial charge in [0.15, 0.2) is 0 Å². The minimum atomic E-state index is -3.34. The number of fused-ring (bicyclic) bond motifs is 1. The Morgan fingerprint density at radius 2 is 2.00 bits per heavy atom. The monoisotopic (exact) mass is 310 g/mol. The van der Waals surface area contributed by atoms with Crippen molar-refractivity contribution in [2.75, 3.05) is 12.3 Å². The number of hydrogen-bond donors (Lipinski definition) is 2. The molecule has 0 fully saturated rings. The first-order chi connectivity index (χ1) is 9.78. The Bertz CT molecular complexity index is 720. The van der Waals surface area contributed by atoms with Crippen molar-refractivity contribution in [3.63, 3.8) is 0 Å². The van der Waals surface area contributed by atoms with E-state index in [0.717, 1.165) is 10.9 Å². The Morgan fingerprint density at radius 3 is 2.67 bits per heavy atom. The molecule has 2 aromatic rings. The second kappa shape index (κ2) is 6.17. The second-order valence-electron chi connectivity index (χ2n) is 5.78. The Labute approximate surface area is 125 Å². The number of aromatic nitrogens is 1. The molecule has 1 atom stereocenters. The van der Waals surface area contributed by atoms with Crippen LogP contribution in [0.1, 0.15) is 25.5 Å². The molecule has 0 aliphatic carbocycles. The average Bonchev–Trinajstić information content (AvgIpc) is 2.76. The highest BCUT2D eigenvalue weighted by molar-refractivity contribution is 7.89. The number of sulfonamides is 1. The first kappa shape index (κ1) is 16.0. The number of nitrogens with zero attached hydrogens (tertiary/aromatic N) is 1. The van der Waals surface area contributed by atoms with Gasteiger partial charge in [-0.05, 0) is 35.1 Å². The van der Waals surface area contributed by atoms with Crippen molar-refractivity contribution in [1.82, 2.24) is 9.29 Å². The van der Waals surface area contributed by atoms with Crippen LogP contribution in [0.5, 0.6) is 0 Å². The molecule has 5 nitrogen and oxygen atoms in total. The van der Waals surface area contributed by atoms with Crippen LogP contribution in [-0.4, -0.2) is 30.4 Å². The summed E-state index contributed by atoms with van der Waals surface area (Å²) >= 11 is 0. The van der Waals surface area contributed by atoms with E-state index in [1.165, 1.54) is 0 Å². The topological polar surface area (TPSA) is 71.3 Å². The van der Waals surface area contributed by atoms with Crippen LogP contribution in [0, 0.1) is 5.92 Å². The fraction of sp³-hybridized carbons (Fsp3) is 0.467. The van der Waals surface area contributed by atoms with Crippen molar-refractivity contribution in [3.05, 3.63) is 36.0 Å². The fourth-order valence-corrected chi connectivity index (χ4v) is 3.74. The summed E-state index contributed by atoms with van der Waals surface area (Å²) in [5, 5.41) is 11.2. The lowest BCUT2D eigenvalue weighted by Gasteiger charge is -2.14. The van der Waals surface area contributed by atoms with Crippen molar-refractivity contribution >= 4 is 20.9 Å². The number of hydrogen-bond acceptors (Lipinski definition) is 3. The van der Waals surface area contributed by atoms with E-state index in [-0.39, 0.29) is 18.2 Å². The molecule has 2 N–H and O–H groups in total. The maximum atomic E-state index is 11.8. The van der Waals surface area contributed by atoms with Gasteiger partial charge >= 0.3 is 0 Å². The van der Waals surface area contributed by atoms with Crippen LogP contribution >= 0.6 is 0 Å². The third-order valence-electron chi connectivity index (χ3n) is 3.34. The molecular formula is C15H22N2O3S. The van der Waals surface area contributed by atoms with Crippen LogP contribution in [0.3, 0.4) is 0 Å². The third-order valence-corrected chi connectivity index (χ3v) is 5.06. The molecule has 116 valence electrons. The van der Waals surface area contributed by atoms with Crippen molar-refractivity contribution in [2.45, 2.75) is 20.0 Å². The van der Waals surface area contributed by atoms with Gasteiger partial charge in [0.05, 0.1) is 11.9 Å². The second-order valence-corrected chi connectivity index (χ2v) is 7.64. The molecule has 0 bridgehead atoms. The molecule has 1 unspecified atom stereocenters. The van der Waals surface area contributed by atoms with E-state index in [4.69, 9.17) is 0 Å². The van der Waals surface area contributed by atoms with E-state index in [1.54, 1.807) is 0 Å². The number of benzene rings is 1. The molecule has 1 heterocycles. The normalized spacial score (nSPS) is 14.0. The quantitative estimate of drug-likeness (QED) is 0.854. The zero-order valence-corrected chi connectivity index (χ0v) is 13.4. The Hall–Kier alpha value is -1.37. The van der Waals surface area contributed by atoms with Crippen LogP contribution < -0.4 is 4.72 Å². The lowest BCUT2D eigenvalue weighted by Crippen LogP contribution is -2.32. The van der Waals surface area contributed by atoms with Crippen molar-refractivity contribution in [2.24, 2.45) is 13.0 Å². The summed E-state index contributed by atoms with van der Waals surface area (Å²) in [5.74, 6) is 0.123. The lowest BCUT2D eigenvalue weighted by molar-refractivity contribution is 0.182. The van der Waals surface area contributed by atoms with Gasteiger partial charge in [-0.2, -0.15) is 0 Å². The lowest BCUT2D eigenvalue weighted by atomic mass is 10.1. The van der Waals surface area contributed by atoms with E-state index in [9.17, 15) is 13.5 Å². The van der Waals surface area contributed by atoms with Crippen LogP contribution in [0.4, 0.5) is 0 Å². The van der Waals surface area contributed by atoms with Crippen LogP contribution in [0.25, 0.3) is 10.9 Å². The predicted molar refractivity (Wildman–Crippen MR) is 84.5 cm³/mol. The minimum Gasteiger partial charge on any atom is -0.387 e. The highest BCUT2D eigenvalue weighted by atomic mass is 32.2. The predicted octanol–water partition coefficient (Wildman–Crippen LogP) is 1.79. The third kappa shape index (κ3) is 4.06. The molecule has 0 aliphatic heterocycles. The smallest absolute Gasteiger partial charge is 0.211 e. The zero-order chi connectivity index (χ0) is 15.6. The zero-order valence-electron chi connectivity index (χ0n) is 12.6. The Balaban J connectivity index is 2.06. The summed E-state index contributed by atoms with van der Waals surface area (Å²) in [6, 6.07) is 7.60. The van der Waals surface area contributed by atoms with Gasteiger partial charge in [0.25, 0.3) is 0 Å². The largest absolute Gasteiger partial charge is 0.387 e. The van der Waals surface area contributed by atoms with Gasteiger partial charge in [-0.3, -0.25) is 0 Å². The Morgan fingerprint density at radius 1 is 1.29 bits per heavy atom. The van der Waals surface area contributed by atoms with E-state index < -0.39 is 16.1 Å². The number of aliphatic hydroxyl groups excluding tert-OH is 1. The van der Waals surface area contributed by atoms with Crippen molar-refractivity contribution in [3.8, 4) is 0 Å². The molecule has 6 heteroatoms. The van der Waals surface area contributed by atoms with Gasteiger partial charge in [-0.1, -0.05) is 19.9 Å². The van der Waals surface area contributed by atoms with E-state index >= 15 is 0 Å². The van der Waals surface area contributed by atoms with E-state index in [1.807, 2.05) is 55.9 Å². The fourth-order valence-electron chi connectivity index (χ4n) is 2.33. The Kier molecular flexibility index (Phi) is 4.70. The van der Waals surface area contributed by atoms with Gasteiger partial charge in [0, 0.05) is 25.3 Å². The minimum absolute atomic E-state index is 0.00655. The highest BCUT2D eigenvalue weighted by Gasteiger charge is 2.16. The summed E-state index contributed by atoms with van der Waals surface area (Å²) in [4.78, 5) is 0. The molecule has 0 spiro atoms. The van der Waals surface area contributed by atoms with Gasteiger partial charge in [-0.25, -0.2) is 13.1 Å². The van der Waals surface area contributed by atoms with Crippen LogP contribution in [0.15, 0.2) is 30.5 Å². The van der Waals surface area contributed by atoms with E-state index in [0.29, 0.717) is 5.56 Å². The standard InChI is InChI=1S/C15H22N2O3S/c1-11(2)10-21(19,20)16-9-15(18)13-4-5-14-12(8-13)6-7-17(14)3/h4-8,11,15-16,18H,9-10H2,1-3H3.